The molecule has 0 aromatic heterocycles. The number of amides is 1. The van der Waals surface area contributed by atoms with Crippen molar-refractivity contribution in [2.24, 2.45) is 0 Å². The van der Waals surface area contributed by atoms with E-state index in [9.17, 15) is 13.2 Å². The lowest BCUT2D eigenvalue weighted by Gasteiger charge is -2.24. The van der Waals surface area contributed by atoms with Crippen LogP contribution in [0, 0.1) is 0 Å². The molecular formula is C20H22N2O5S2. The third-order valence-corrected chi connectivity index (χ3v) is 7.59. The number of fused-ring (bicyclic) bond motifs is 1. The number of carbonyl (C=O) groups is 1. The Hall–Kier alpha value is -2.23. The molecule has 2 heterocycles. The van der Waals surface area contributed by atoms with E-state index in [1.165, 1.54) is 16.4 Å². The van der Waals surface area contributed by atoms with Crippen LogP contribution in [0.4, 0.5) is 5.69 Å². The molecule has 1 atom stereocenters. The Balaban J connectivity index is 1.56. The molecule has 0 spiro atoms. The van der Waals surface area contributed by atoms with Gasteiger partial charge in [0.1, 0.15) is 19.3 Å². The van der Waals surface area contributed by atoms with E-state index < -0.39 is 16.1 Å². The summed E-state index contributed by atoms with van der Waals surface area (Å²) in [5, 5.41) is 2.86. The van der Waals surface area contributed by atoms with Crippen LogP contribution in [0.25, 0.3) is 0 Å². The van der Waals surface area contributed by atoms with E-state index in [1.807, 2.05) is 24.5 Å². The van der Waals surface area contributed by atoms with E-state index >= 15 is 0 Å². The monoisotopic (exact) mass is 434 g/mol. The molecule has 0 radical (unpaired) electrons. The summed E-state index contributed by atoms with van der Waals surface area (Å²) >= 11 is 1.58. The van der Waals surface area contributed by atoms with Crippen LogP contribution < -0.4 is 14.8 Å². The number of rotatable bonds is 5. The lowest BCUT2D eigenvalue weighted by atomic mass is 10.2. The van der Waals surface area contributed by atoms with Gasteiger partial charge in [-0.2, -0.15) is 4.31 Å². The van der Waals surface area contributed by atoms with Crippen molar-refractivity contribution in [3.05, 3.63) is 42.5 Å². The van der Waals surface area contributed by atoms with E-state index in [-0.39, 0.29) is 10.8 Å². The SMILES string of the molecule is CSc1cccc(NC(=O)[C@H]2CCCN2S(=O)(=O)c2ccc3c(c2)OCCO3)c1. The molecule has 1 N–H and O–H groups in total. The van der Waals surface area contributed by atoms with Crippen LogP contribution in [0.2, 0.25) is 0 Å². The minimum atomic E-state index is -3.84. The second-order valence-corrected chi connectivity index (χ2v) is 9.57. The molecule has 2 aromatic rings. The molecule has 9 heteroatoms. The second kappa shape index (κ2) is 8.25. The summed E-state index contributed by atoms with van der Waals surface area (Å²) in [5.74, 6) is 0.618. The second-order valence-electron chi connectivity index (χ2n) is 6.80. The van der Waals surface area contributed by atoms with Crippen LogP contribution in [0.5, 0.6) is 11.5 Å². The number of benzene rings is 2. The van der Waals surface area contributed by atoms with Gasteiger partial charge in [0.25, 0.3) is 0 Å². The largest absolute Gasteiger partial charge is 0.486 e. The molecule has 2 aromatic carbocycles. The average molecular weight is 435 g/mol. The molecule has 0 bridgehead atoms. The fourth-order valence-electron chi connectivity index (χ4n) is 3.54. The number of sulfonamides is 1. The van der Waals surface area contributed by atoms with Gasteiger partial charge in [0, 0.05) is 23.2 Å². The summed E-state index contributed by atoms with van der Waals surface area (Å²) in [4.78, 5) is 14.0. The van der Waals surface area contributed by atoms with Gasteiger partial charge in [-0.05, 0) is 49.4 Å². The van der Waals surface area contributed by atoms with Crippen molar-refractivity contribution >= 4 is 33.4 Å². The lowest BCUT2D eigenvalue weighted by Crippen LogP contribution is -2.43. The highest BCUT2D eigenvalue weighted by Crippen LogP contribution is 2.35. The topological polar surface area (TPSA) is 84.9 Å². The number of nitrogens with one attached hydrogen (secondary N) is 1. The summed E-state index contributed by atoms with van der Waals surface area (Å²) in [6.07, 6.45) is 3.07. The predicted octanol–water partition coefficient (Wildman–Crippen LogP) is 2.97. The van der Waals surface area contributed by atoms with E-state index in [0.29, 0.717) is 49.8 Å². The minimum Gasteiger partial charge on any atom is -0.486 e. The van der Waals surface area contributed by atoms with Gasteiger partial charge in [0.05, 0.1) is 4.90 Å². The van der Waals surface area contributed by atoms with Gasteiger partial charge in [-0.25, -0.2) is 8.42 Å². The summed E-state index contributed by atoms with van der Waals surface area (Å²) in [6, 6.07) is 11.3. The van der Waals surface area contributed by atoms with Crippen molar-refractivity contribution < 1.29 is 22.7 Å². The first-order valence-electron chi connectivity index (χ1n) is 9.35. The minimum absolute atomic E-state index is 0.103. The number of ether oxygens (including phenoxy) is 2. The van der Waals surface area contributed by atoms with Crippen LogP contribution in [0.1, 0.15) is 12.8 Å². The Bertz CT molecular complexity index is 1030. The van der Waals surface area contributed by atoms with Gasteiger partial charge in [0.15, 0.2) is 11.5 Å². The fraction of sp³-hybridized carbons (Fsp3) is 0.350. The van der Waals surface area contributed by atoms with E-state index in [4.69, 9.17) is 9.47 Å². The first kappa shape index (κ1) is 20.1. The van der Waals surface area contributed by atoms with Gasteiger partial charge in [-0.1, -0.05) is 6.07 Å². The standard InChI is InChI=1S/C20H22N2O5S2/c1-28-15-5-2-4-14(12-15)21-20(23)17-6-3-9-22(17)29(24,25)16-7-8-18-19(13-16)27-11-10-26-18/h2,4-5,7-8,12-13,17H,3,6,9-11H2,1H3,(H,21,23)/t17-/m1/s1. The average Bonchev–Trinajstić information content (AvgIpc) is 3.24. The molecule has 0 unspecified atom stereocenters. The number of carbonyl (C=O) groups excluding carboxylic acids is 1. The van der Waals surface area contributed by atoms with Crippen LogP contribution in [0.15, 0.2) is 52.3 Å². The zero-order valence-corrected chi connectivity index (χ0v) is 17.6. The Labute approximate surface area is 174 Å². The fourth-order valence-corrected chi connectivity index (χ4v) is 5.67. The third kappa shape index (κ3) is 4.08. The van der Waals surface area contributed by atoms with Crippen molar-refractivity contribution in [1.29, 1.82) is 0 Å². The predicted molar refractivity (Wildman–Crippen MR) is 111 cm³/mol. The normalized spacial score (nSPS) is 19.1. The molecule has 7 nitrogen and oxygen atoms in total. The quantitative estimate of drug-likeness (QED) is 0.729. The Morgan fingerprint density at radius 2 is 1.93 bits per heavy atom. The van der Waals surface area contributed by atoms with Gasteiger partial charge in [0.2, 0.25) is 15.9 Å². The van der Waals surface area contributed by atoms with E-state index in [2.05, 4.69) is 5.32 Å². The van der Waals surface area contributed by atoms with Gasteiger partial charge in [-0.15, -0.1) is 11.8 Å². The van der Waals surface area contributed by atoms with Crippen LogP contribution >= 0.6 is 11.8 Å². The highest BCUT2D eigenvalue weighted by Gasteiger charge is 2.39. The smallest absolute Gasteiger partial charge is 0.243 e. The summed E-state index contributed by atoms with van der Waals surface area (Å²) in [6.45, 7) is 1.12. The first-order chi connectivity index (χ1) is 14.0. The number of hydrogen-bond donors (Lipinski definition) is 1. The van der Waals surface area contributed by atoms with Crippen molar-refractivity contribution in [2.75, 3.05) is 31.3 Å². The van der Waals surface area contributed by atoms with Gasteiger partial charge >= 0.3 is 0 Å². The van der Waals surface area contributed by atoms with Crippen LogP contribution in [0.3, 0.4) is 0 Å². The summed E-state index contributed by atoms with van der Waals surface area (Å²) in [5.41, 5.74) is 0.658. The highest BCUT2D eigenvalue weighted by atomic mass is 32.2. The molecule has 0 aliphatic carbocycles. The van der Waals surface area contributed by atoms with Crippen molar-refractivity contribution in [2.45, 2.75) is 28.7 Å². The van der Waals surface area contributed by atoms with Crippen LogP contribution in [-0.2, 0) is 14.8 Å². The number of hydrogen-bond acceptors (Lipinski definition) is 6. The molecule has 2 aliphatic rings. The number of thioether (sulfide) groups is 1. The molecule has 2 aliphatic heterocycles. The molecule has 1 fully saturated rings. The zero-order chi connectivity index (χ0) is 20.4. The highest BCUT2D eigenvalue weighted by molar-refractivity contribution is 7.98. The zero-order valence-electron chi connectivity index (χ0n) is 16.0. The van der Waals surface area contributed by atoms with Gasteiger partial charge < -0.3 is 14.8 Å². The molecule has 1 saturated heterocycles. The lowest BCUT2D eigenvalue weighted by molar-refractivity contribution is -0.119. The maximum atomic E-state index is 13.2. The molecule has 1 amide bonds. The third-order valence-electron chi connectivity index (χ3n) is 4.96. The number of nitrogens with zero attached hydrogens (tertiary/aromatic N) is 1. The van der Waals surface area contributed by atoms with Crippen LogP contribution in [-0.4, -0.2) is 50.7 Å². The first-order valence-corrected chi connectivity index (χ1v) is 12.0. The van der Waals surface area contributed by atoms with Crippen molar-refractivity contribution in [3.63, 3.8) is 0 Å². The molecule has 29 heavy (non-hydrogen) atoms. The Kier molecular flexibility index (Phi) is 5.71. The maximum absolute atomic E-state index is 13.2. The summed E-state index contributed by atoms with van der Waals surface area (Å²) in [7, 11) is -3.84. The molecule has 4 rings (SSSR count). The number of anilines is 1. The van der Waals surface area contributed by atoms with Crippen molar-refractivity contribution in [3.8, 4) is 11.5 Å². The van der Waals surface area contributed by atoms with E-state index in [1.54, 1.807) is 23.9 Å². The Morgan fingerprint density at radius 3 is 2.72 bits per heavy atom. The van der Waals surface area contributed by atoms with Crippen molar-refractivity contribution in [1.82, 2.24) is 4.31 Å². The Morgan fingerprint density at radius 1 is 1.14 bits per heavy atom. The van der Waals surface area contributed by atoms with Gasteiger partial charge in [-0.3, -0.25) is 4.79 Å². The molecule has 0 saturated carbocycles. The summed E-state index contributed by atoms with van der Waals surface area (Å²) < 4.78 is 38.7. The van der Waals surface area contributed by atoms with E-state index in [0.717, 1.165) is 4.90 Å². The maximum Gasteiger partial charge on any atom is 0.243 e. The molecule has 154 valence electrons. The molecular weight excluding hydrogens is 412 g/mol.